The Morgan fingerprint density at radius 2 is 1.94 bits per heavy atom. The lowest BCUT2D eigenvalue weighted by Gasteiger charge is -2.09. The number of amides is 3. The van der Waals surface area contributed by atoms with Gasteiger partial charge in [-0.3, -0.25) is 10.1 Å². The predicted octanol–water partition coefficient (Wildman–Crippen LogP) is 2.02. The second kappa shape index (κ2) is 5.77. The van der Waals surface area contributed by atoms with Crippen molar-refractivity contribution in [3.8, 4) is 0 Å². The SMILES string of the molecule is C[C@H](Sc1ccc(Cl)cc1)C(=O)NC(N)=O. The van der Waals surface area contributed by atoms with E-state index in [1.54, 1.807) is 31.2 Å². The third-order valence-corrected chi connectivity index (χ3v) is 3.11. The van der Waals surface area contributed by atoms with Crippen LogP contribution in [0.2, 0.25) is 5.02 Å². The smallest absolute Gasteiger partial charge is 0.318 e. The van der Waals surface area contributed by atoms with E-state index in [1.165, 1.54) is 11.8 Å². The molecule has 0 saturated heterocycles. The highest BCUT2D eigenvalue weighted by Gasteiger charge is 2.15. The third-order valence-electron chi connectivity index (χ3n) is 1.74. The number of primary amides is 1. The Bertz CT molecular complexity index is 394. The summed E-state index contributed by atoms with van der Waals surface area (Å²) >= 11 is 7.05. The number of urea groups is 1. The van der Waals surface area contributed by atoms with Gasteiger partial charge >= 0.3 is 6.03 Å². The fraction of sp³-hybridized carbons (Fsp3) is 0.200. The molecule has 16 heavy (non-hydrogen) atoms. The Hall–Kier alpha value is -1.20. The van der Waals surface area contributed by atoms with E-state index in [0.717, 1.165) is 4.90 Å². The highest BCUT2D eigenvalue weighted by atomic mass is 35.5. The molecule has 1 aromatic carbocycles. The number of carbonyl (C=O) groups is 2. The predicted molar refractivity (Wildman–Crippen MR) is 64.5 cm³/mol. The number of carbonyl (C=O) groups excluding carboxylic acids is 2. The Labute approximate surface area is 103 Å². The molecule has 6 heteroatoms. The minimum atomic E-state index is -0.839. The van der Waals surface area contributed by atoms with Gasteiger partial charge in [-0.05, 0) is 31.2 Å². The van der Waals surface area contributed by atoms with Crippen molar-refractivity contribution in [3.05, 3.63) is 29.3 Å². The van der Waals surface area contributed by atoms with Gasteiger partial charge in [-0.15, -0.1) is 11.8 Å². The average Bonchev–Trinajstić information content (AvgIpc) is 2.20. The first kappa shape index (κ1) is 12.9. The highest BCUT2D eigenvalue weighted by Crippen LogP contribution is 2.24. The van der Waals surface area contributed by atoms with Crippen LogP contribution in [-0.4, -0.2) is 17.2 Å². The van der Waals surface area contributed by atoms with Crippen LogP contribution in [-0.2, 0) is 4.79 Å². The molecule has 4 nitrogen and oxygen atoms in total. The van der Waals surface area contributed by atoms with E-state index >= 15 is 0 Å². The number of thioether (sulfide) groups is 1. The highest BCUT2D eigenvalue weighted by molar-refractivity contribution is 8.00. The van der Waals surface area contributed by atoms with Crippen molar-refractivity contribution >= 4 is 35.3 Å². The lowest BCUT2D eigenvalue weighted by molar-refractivity contribution is -0.119. The maximum absolute atomic E-state index is 11.4. The summed E-state index contributed by atoms with van der Waals surface area (Å²) in [6.45, 7) is 1.69. The van der Waals surface area contributed by atoms with Gasteiger partial charge in [0.15, 0.2) is 0 Å². The molecule has 0 unspecified atom stereocenters. The Morgan fingerprint density at radius 3 is 2.44 bits per heavy atom. The summed E-state index contributed by atoms with van der Waals surface area (Å²) in [6.07, 6.45) is 0. The minimum Gasteiger partial charge on any atom is -0.351 e. The summed E-state index contributed by atoms with van der Waals surface area (Å²) in [5.41, 5.74) is 4.85. The number of hydrogen-bond acceptors (Lipinski definition) is 3. The standard InChI is InChI=1S/C10H11ClN2O2S/c1-6(9(14)13-10(12)15)16-8-4-2-7(11)3-5-8/h2-6H,1H3,(H3,12,13,14,15)/t6-/m0/s1. The van der Waals surface area contributed by atoms with Gasteiger partial charge in [0.05, 0.1) is 5.25 Å². The molecule has 0 spiro atoms. The molecule has 0 radical (unpaired) electrons. The second-order valence-electron chi connectivity index (χ2n) is 3.07. The summed E-state index contributed by atoms with van der Waals surface area (Å²) < 4.78 is 0. The molecule has 0 aliphatic carbocycles. The van der Waals surface area contributed by atoms with E-state index in [9.17, 15) is 9.59 Å². The Morgan fingerprint density at radius 1 is 1.38 bits per heavy atom. The molecule has 1 atom stereocenters. The third kappa shape index (κ3) is 4.12. The topological polar surface area (TPSA) is 72.2 Å². The molecule has 0 heterocycles. The van der Waals surface area contributed by atoms with Gasteiger partial charge in [0.2, 0.25) is 5.91 Å². The Balaban J connectivity index is 2.57. The fourth-order valence-corrected chi connectivity index (χ4v) is 1.99. The van der Waals surface area contributed by atoms with Crippen LogP contribution in [0.25, 0.3) is 0 Å². The number of nitrogens with one attached hydrogen (secondary N) is 1. The normalized spacial score (nSPS) is 11.9. The summed E-state index contributed by atoms with van der Waals surface area (Å²) in [5, 5.41) is 2.27. The zero-order chi connectivity index (χ0) is 12.1. The van der Waals surface area contributed by atoms with Crippen molar-refractivity contribution in [1.29, 1.82) is 0 Å². The number of rotatable bonds is 3. The summed E-state index contributed by atoms with van der Waals surface area (Å²) in [7, 11) is 0. The van der Waals surface area contributed by atoms with E-state index in [-0.39, 0.29) is 0 Å². The molecule has 0 saturated carbocycles. The molecule has 0 aromatic heterocycles. The van der Waals surface area contributed by atoms with Crippen molar-refractivity contribution in [2.24, 2.45) is 5.73 Å². The zero-order valence-electron chi connectivity index (χ0n) is 8.57. The first-order chi connectivity index (χ1) is 7.49. The molecule has 0 bridgehead atoms. The van der Waals surface area contributed by atoms with Gasteiger partial charge in [0.1, 0.15) is 0 Å². The van der Waals surface area contributed by atoms with E-state index in [1.807, 2.05) is 5.32 Å². The van der Waals surface area contributed by atoms with Crippen molar-refractivity contribution in [1.82, 2.24) is 5.32 Å². The van der Waals surface area contributed by atoms with Gasteiger partial charge in [-0.25, -0.2) is 4.79 Å². The molecule has 1 aromatic rings. The molecule has 0 aliphatic heterocycles. The average molecular weight is 259 g/mol. The van der Waals surface area contributed by atoms with Crippen LogP contribution in [0.1, 0.15) is 6.92 Å². The molecular weight excluding hydrogens is 248 g/mol. The van der Waals surface area contributed by atoms with Crippen LogP contribution < -0.4 is 11.1 Å². The molecule has 86 valence electrons. The van der Waals surface area contributed by atoms with Gasteiger partial charge in [-0.1, -0.05) is 11.6 Å². The number of benzene rings is 1. The van der Waals surface area contributed by atoms with Gasteiger partial charge < -0.3 is 5.73 Å². The first-order valence-corrected chi connectivity index (χ1v) is 5.77. The second-order valence-corrected chi connectivity index (χ2v) is 4.92. The van der Waals surface area contributed by atoms with Gasteiger partial charge in [0, 0.05) is 9.92 Å². The van der Waals surface area contributed by atoms with Gasteiger partial charge in [-0.2, -0.15) is 0 Å². The maximum atomic E-state index is 11.4. The van der Waals surface area contributed by atoms with Crippen molar-refractivity contribution in [2.45, 2.75) is 17.1 Å². The molecule has 0 aliphatic rings. The first-order valence-electron chi connectivity index (χ1n) is 4.51. The van der Waals surface area contributed by atoms with Crippen LogP contribution in [0.3, 0.4) is 0 Å². The van der Waals surface area contributed by atoms with E-state index in [0.29, 0.717) is 5.02 Å². The fourth-order valence-electron chi connectivity index (χ4n) is 0.994. The Kier molecular flexibility index (Phi) is 4.64. The van der Waals surface area contributed by atoms with Crippen molar-refractivity contribution < 1.29 is 9.59 Å². The quantitative estimate of drug-likeness (QED) is 0.815. The van der Waals surface area contributed by atoms with Gasteiger partial charge in [0.25, 0.3) is 0 Å². The van der Waals surface area contributed by atoms with Crippen LogP contribution in [0.15, 0.2) is 29.2 Å². The molecule has 3 N–H and O–H groups in total. The summed E-state index contributed by atoms with van der Waals surface area (Å²) in [5.74, 6) is -0.410. The van der Waals surface area contributed by atoms with E-state index < -0.39 is 17.2 Å². The number of halogens is 1. The lowest BCUT2D eigenvalue weighted by atomic mass is 10.4. The lowest BCUT2D eigenvalue weighted by Crippen LogP contribution is -2.39. The van der Waals surface area contributed by atoms with E-state index in [2.05, 4.69) is 0 Å². The zero-order valence-corrected chi connectivity index (χ0v) is 10.1. The van der Waals surface area contributed by atoms with Crippen LogP contribution in [0.5, 0.6) is 0 Å². The minimum absolute atomic E-state index is 0.395. The molecule has 0 fully saturated rings. The number of imide groups is 1. The largest absolute Gasteiger partial charge is 0.351 e. The van der Waals surface area contributed by atoms with Crippen molar-refractivity contribution in [3.63, 3.8) is 0 Å². The number of nitrogens with two attached hydrogens (primary N) is 1. The summed E-state index contributed by atoms with van der Waals surface area (Å²) in [6, 6.07) is 6.25. The molecule has 1 rings (SSSR count). The van der Waals surface area contributed by atoms with Crippen LogP contribution in [0.4, 0.5) is 4.79 Å². The monoisotopic (exact) mass is 258 g/mol. The van der Waals surface area contributed by atoms with Crippen LogP contribution in [0, 0.1) is 0 Å². The molecular formula is C10H11ClN2O2S. The molecule has 3 amide bonds. The van der Waals surface area contributed by atoms with Crippen molar-refractivity contribution in [2.75, 3.05) is 0 Å². The van der Waals surface area contributed by atoms with E-state index in [4.69, 9.17) is 17.3 Å². The van der Waals surface area contributed by atoms with Crippen LogP contribution >= 0.6 is 23.4 Å². The maximum Gasteiger partial charge on any atom is 0.318 e. The summed E-state index contributed by atoms with van der Waals surface area (Å²) in [4.78, 5) is 22.7. The number of hydrogen-bond donors (Lipinski definition) is 2.